The van der Waals surface area contributed by atoms with Gasteiger partial charge in [-0.2, -0.15) is 9.40 Å². The molecule has 2 heterocycles. The summed E-state index contributed by atoms with van der Waals surface area (Å²) in [6.07, 6.45) is 0. The molecule has 1 aliphatic rings. The van der Waals surface area contributed by atoms with Gasteiger partial charge in [-0.25, -0.2) is 8.42 Å². The maximum Gasteiger partial charge on any atom is 0.248 e. The number of aromatic nitrogens is 2. The highest BCUT2D eigenvalue weighted by Gasteiger charge is 2.34. The first-order valence-electron chi connectivity index (χ1n) is 8.98. The Morgan fingerprint density at radius 1 is 1.00 bits per heavy atom. The van der Waals surface area contributed by atoms with Crippen LogP contribution in [0.3, 0.4) is 0 Å². The molecule has 0 radical (unpaired) electrons. The van der Waals surface area contributed by atoms with E-state index in [2.05, 4.69) is 10.00 Å². The van der Waals surface area contributed by atoms with Crippen LogP contribution in [0.25, 0.3) is 0 Å². The third-order valence-electron chi connectivity index (χ3n) is 4.95. The van der Waals surface area contributed by atoms with Crippen molar-refractivity contribution in [3.63, 3.8) is 0 Å². The number of hydrogen-bond acceptors (Lipinski definition) is 7. The summed E-state index contributed by atoms with van der Waals surface area (Å²) < 4.78 is 45.2. The van der Waals surface area contributed by atoms with Crippen LogP contribution in [0.15, 0.2) is 17.0 Å². The van der Waals surface area contributed by atoms with Gasteiger partial charge in [-0.05, 0) is 6.92 Å². The predicted octanol–water partition coefficient (Wildman–Crippen LogP) is 1.92. The van der Waals surface area contributed by atoms with Gasteiger partial charge in [0.15, 0.2) is 11.5 Å². The number of nitrogens with zero attached hydrogens (tertiary/aromatic N) is 4. The zero-order valence-electron chi connectivity index (χ0n) is 17.1. The van der Waals surface area contributed by atoms with Gasteiger partial charge < -0.3 is 19.1 Å². The van der Waals surface area contributed by atoms with Crippen molar-refractivity contribution < 1.29 is 22.6 Å². The van der Waals surface area contributed by atoms with Crippen molar-refractivity contribution in [2.24, 2.45) is 7.05 Å². The molecule has 1 aliphatic heterocycles. The maximum atomic E-state index is 13.1. The number of benzene rings is 1. The van der Waals surface area contributed by atoms with Crippen molar-refractivity contribution in [1.82, 2.24) is 14.1 Å². The van der Waals surface area contributed by atoms with Gasteiger partial charge in [-0.1, -0.05) is 11.6 Å². The van der Waals surface area contributed by atoms with Gasteiger partial charge in [-0.3, -0.25) is 4.68 Å². The molecule has 0 spiro atoms. The molecule has 3 rings (SSSR count). The lowest BCUT2D eigenvalue weighted by molar-refractivity contribution is 0.324. The Kier molecular flexibility index (Phi) is 6.16. The third kappa shape index (κ3) is 3.84. The second-order valence-electron chi connectivity index (χ2n) is 6.60. The van der Waals surface area contributed by atoms with Gasteiger partial charge in [0.25, 0.3) is 0 Å². The molecule has 160 valence electrons. The van der Waals surface area contributed by atoms with E-state index < -0.39 is 10.0 Å². The predicted molar refractivity (Wildman–Crippen MR) is 110 cm³/mol. The first kappa shape index (κ1) is 21.5. The molecule has 1 fully saturated rings. The molecule has 0 N–H and O–H groups in total. The molecular formula is C18H25ClN4O5S. The Balaban J connectivity index is 1.82. The zero-order valence-corrected chi connectivity index (χ0v) is 18.7. The van der Waals surface area contributed by atoms with Gasteiger partial charge >= 0.3 is 0 Å². The maximum absolute atomic E-state index is 13.1. The van der Waals surface area contributed by atoms with E-state index in [-0.39, 0.29) is 10.0 Å². The fraction of sp³-hybridized carbons (Fsp3) is 0.500. The highest BCUT2D eigenvalue weighted by atomic mass is 35.5. The Hall–Kier alpha value is -2.17. The fourth-order valence-corrected chi connectivity index (χ4v) is 5.60. The van der Waals surface area contributed by atoms with E-state index in [0.717, 1.165) is 5.69 Å². The van der Waals surface area contributed by atoms with Crippen molar-refractivity contribution in [2.45, 2.75) is 11.8 Å². The van der Waals surface area contributed by atoms with Crippen LogP contribution in [-0.4, -0.2) is 70.0 Å². The molecule has 0 unspecified atom stereocenters. The van der Waals surface area contributed by atoms with Crippen molar-refractivity contribution in [3.05, 3.63) is 23.0 Å². The average Bonchev–Trinajstić information content (AvgIpc) is 2.98. The summed E-state index contributed by atoms with van der Waals surface area (Å²) in [5.74, 6) is 1.62. The molecule has 0 saturated carbocycles. The number of rotatable bonds is 6. The largest absolute Gasteiger partial charge is 0.493 e. The molecule has 0 atom stereocenters. The van der Waals surface area contributed by atoms with E-state index in [0.29, 0.717) is 49.1 Å². The van der Waals surface area contributed by atoms with Crippen LogP contribution < -0.4 is 19.1 Å². The summed E-state index contributed by atoms with van der Waals surface area (Å²) in [5, 5.41) is 4.24. The Bertz CT molecular complexity index is 975. The standard InChI is InChI=1S/C18H25ClN4O5S/c1-12-17(18(19)21(2)20-12)29(24,25)23-8-6-22(7-9-23)13-10-14(26-3)16(28-5)15(11-13)27-4/h10-11H,6-9H2,1-5H3. The van der Waals surface area contributed by atoms with Gasteiger partial charge in [0.05, 0.1) is 27.0 Å². The van der Waals surface area contributed by atoms with E-state index in [1.54, 1.807) is 35.3 Å². The highest BCUT2D eigenvalue weighted by molar-refractivity contribution is 7.89. The molecule has 0 aliphatic carbocycles. The molecule has 1 aromatic heterocycles. The van der Waals surface area contributed by atoms with E-state index in [1.165, 1.54) is 8.99 Å². The number of sulfonamides is 1. The lowest BCUT2D eigenvalue weighted by atomic mass is 10.2. The normalized spacial score (nSPS) is 15.4. The van der Waals surface area contributed by atoms with Crippen molar-refractivity contribution in [2.75, 3.05) is 52.4 Å². The van der Waals surface area contributed by atoms with E-state index in [1.807, 2.05) is 12.1 Å². The number of aryl methyl sites for hydroxylation is 2. The summed E-state index contributed by atoms with van der Waals surface area (Å²) in [6.45, 7) is 3.31. The van der Waals surface area contributed by atoms with Crippen LogP contribution in [0.4, 0.5) is 5.69 Å². The number of piperazine rings is 1. The quantitative estimate of drug-likeness (QED) is 0.672. The minimum absolute atomic E-state index is 0.0721. The Labute approximate surface area is 175 Å². The zero-order chi connectivity index (χ0) is 21.3. The van der Waals surface area contributed by atoms with Crippen LogP contribution in [0.2, 0.25) is 5.15 Å². The molecular weight excluding hydrogens is 420 g/mol. The molecule has 1 aromatic carbocycles. The summed E-state index contributed by atoms with van der Waals surface area (Å²) in [6, 6.07) is 3.71. The minimum atomic E-state index is -3.72. The minimum Gasteiger partial charge on any atom is -0.493 e. The number of methoxy groups -OCH3 is 3. The van der Waals surface area contributed by atoms with Crippen molar-refractivity contribution in [1.29, 1.82) is 0 Å². The van der Waals surface area contributed by atoms with Gasteiger partial charge in [0.2, 0.25) is 15.8 Å². The summed E-state index contributed by atoms with van der Waals surface area (Å²) >= 11 is 6.18. The Morgan fingerprint density at radius 2 is 1.55 bits per heavy atom. The molecule has 2 aromatic rings. The van der Waals surface area contributed by atoms with Crippen LogP contribution in [0.5, 0.6) is 17.2 Å². The SMILES string of the molecule is COc1cc(N2CCN(S(=O)(=O)c3c(C)nn(C)c3Cl)CC2)cc(OC)c1OC. The number of ether oxygens (including phenoxy) is 3. The van der Waals surface area contributed by atoms with Crippen LogP contribution in [0.1, 0.15) is 5.69 Å². The average molecular weight is 445 g/mol. The number of hydrogen-bond donors (Lipinski definition) is 0. The second kappa shape index (κ2) is 8.29. The smallest absolute Gasteiger partial charge is 0.248 e. The van der Waals surface area contributed by atoms with Crippen molar-refractivity contribution >= 4 is 27.3 Å². The lowest BCUT2D eigenvalue weighted by Crippen LogP contribution is -2.48. The monoisotopic (exact) mass is 444 g/mol. The molecule has 0 amide bonds. The van der Waals surface area contributed by atoms with Crippen LogP contribution >= 0.6 is 11.6 Å². The fourth-order valence-electron chi connectivity index (χ4n) is 3.47. The molecule has 29 heavy (non-hydrogen) atoms. The van der Waals surface area contributed by atoms with Crippen molar-refractivity contribution in [3.8, 4) is 17.2 Å². The van der Waals surface area contributed by atoms with Crippen LogP contribution in [0, 0.1) is 6.92 Å². The molecule has 0 bridgehead atoms. The highest BCUT2D eigenvalue weighted by Crippen LogP contribution is 2.41. The molecule has 1 saturated heterocycles. The summed E-state index contributed by atoms with van der Waals surface area (Å²) in [4.78, 5) is 2.15. The topological polar surface area (TPSA) is 86.1 Å². The van der Waals surface area contributed by atoms with E-state index in [9.17, 15) is 8.42 Å². The first-order valence-corrected chi connectivity index (χ1v) is 10.8. The molecule has 9 nitrogen and oxygen atoms in total. The van der Waals surface area contributed by atoms with Gasteiger partial charge in [0.1, 0.15) is 10.0 Å². The van der Waals surface area contributed by atoms with E-state index >= 15 is 0 Å². The third-order valence-corrected chi connectivity index (χ3v) is 7.55. The Morgan fingerprint density at radius 3 is 1.97 bits per heavy atom. The number of anilines is 1. The second-order valence-corrected chi connectivity index (χ2v) is 8.84. The summed E-state index contributed by atoms with van der Waals surface area (Å²) in [5.41, 5.74) is 1.26. The van der Waals surface area contributed by atoms with Gasteiger partial charge in [-0.15, -0.1) is 0 Å². The number of halogens is 1. The molecule has 11 heteroatoms. The lowest BCUT2D eigenvalue weighted by Gasteiger charge is -2.35. The van der Waals surface area contributed by atoms with E-state index in [4.69, 9.17) is 25.8 Å². The first-order chi connectivity index (χ1) is 13.7. The summed E-state index contributed by atoms with van der Waals surface area (Å²) in [7, 11) is 2.57. The van der Waals surface area contributed by atoms with Gasteiger partial charge in [0, 0.05) is 51.0 Å². The van der Waals surface area contributed by atoms with Crippen LogP contribution in [-0.2, 0) is 17.1 Å².